The Morgan fingerprint density at radius 3 is 2.30 bits per heavy atom. The van der Waals surface area contributed by atoms with E-state index in [0.717, 1.165) is 6.26 Å². The van der Waals surface area contributed by atoms with E-state index < -0.39 is 25.6 Å². The van der Waals surface area contributed by atoms with Crippen molar-refractivity contribution in [2.45, 2.75) is 16.2 Å². The molecule has 0 atom stereocenters. The fourth-order valence-electron chi connectivity index (χ4n) is 3.07. The van der Waals surface area contributed by atoms with Gasteiger partial charge in [-0.05, 0) is 50.5 Å². The van der Waals surface area contributed by atoms with Gasteiger partial charge in [0, 0.05) is 30.8 Å². The minimum Gasteiger partial charge on any atom is -0.308 e. The lowest BCUT2D eigenvalue weighted by molar-refractivity contribution is -0.118. The number of aromatic nitrogens is 1. The smallest absolute Gasteiger partial charge is 0.229 e. The summed E-state index contributed by atoms with van der Waals surface area (Å²) in [5, 5.41) is 0.751. The van der Waals surface area contributed by atoms with E-state index in [1.165, 1.54) is 46.6 Å². The van der Waals surface area contributed by atoms with Crippen LogP contribution in [-0.4, -0.2) is 71.8 Å². The highest BCUT2D eigenvalue weighted by molar-refractivity contribution is 7.91. The largest absolute Gasteiger partial charge is 0.308 e. The molecule has 1 aromatic heterocycles. The molecule has 0 saturated heterocycles. The Hall–Kier alpha value is -2.05. The third-order valence-electron chi connectivity index (χ3n) is 4.83. The van der Waals surface area contributed by atoms with Crippen LogP contribution in [0.4, 0.5) is 5.13 Å². The molecule has 3 rings (SSSR count). The van der Waals surface area contributed by atoms with Gasteiger partial charge in [0.15, 0.2) is 24.8 Å². The van der Waals surface area contributed by atoms with Gasteiger partial charge in [0.2, 0.25) is 5.91 Å². The lowest BCUT2D eigenvalue weighted by Crippen LogP contribution is -2.37. The van der Waals surface area contributed by atoms with Gasteiger partial charge in [-0.15, -0.1) is 0 Å². The van der Waals surface area contributed by atoms with Crippen LogP contribution in [0.25, 0.3) is 10.2 Å². The van der Waals surface area contributed by atoms with Crippen LogP contribution in [0.3, 0.4) is 0 Å². The average molecular weight is 530 g/mol. The first-order chi connectivity index (χ1) is 15.4. The number of nitrogens with zero attached hydrogens (tertiary/aromatic N) is 3. The van der Waals surface area contributed by atoms with Crippen molar-refractivity contribution in [2.75, 3.05) is 44.1 Å². The topological polar surface area (TPSA) is 105 Å². The van der Waals surface area contributed by atoms with Gasteiger partial charge >= 0.3 is 0 Å². The summed E-state index contributed by atoms with van der Waals surface area (Å²) in [5.41, 5.74) is 0.302. The number of likely N-dealkylation sites (N-methyl/N-ethyl adjacent to an activating group) is 1. The van der Waals surface area contributed by atoms with E-state index in [1.807, 2.05) is 19.0 Å². The van der Waals surface area contributed by atoms with E-state index in [2.05, 4.69) is 4.98 Å². The van der Waals surface area contributed by atoms with Gasteiger partial charge in [-0.2, -0.15) is 0 Å². The summed E-state index contributed by atoms with van der Waals surface area (Å²) in [5.74, 6) is -0.778. The molecule has 8 nitrogen and oxygen atoms in total. The quantitative estimate of drug-likeness (QED) is 0.419. The lowest BCUT2D eigenvalue weighted by atomic mass is 10.3. The van der Waals surface area contributed by atoms with Crippen molar-refractivity contribution in [3.63, 3.8) is 0 Å². The van der Waals surface area contributed by atoms with Crippen LogP contribution in [0.1, 0.15) is 6.42 Å². The van der Waals surface area contributed by atoms with Crippen molar-refractivity contribution in [2.24, 2.45) is 0 Å². The number of thiazole rings is 1. The minimum absolute atomic E-state index is 0.0906. The number of fused-ring (bicyclic) bond motifs is 1. The zero-order valence-electron chi connectivity index (χ0n) is 18.4. The number of benzene rings is 2. The maximum atomic E-state index is 13.1. The van der Waals surface area contributed by atoms with Gasteiger partial charge in [-0.1, -0.05) is 29.0 Å². The highest BCUT2D eigenvalue weighted by Crippen LogP contribution is 2.33. The summed E-state index contributed by atoms with van der Waals surface area (Å²) in [7, 11) is -3.48. The fraction of sp³-hybridized carbons (Fsp3) is 0.333. The molecule has 3 aromatic rings. The van der Waals surface area contributed by atoms with Crippen molar-refractivity contribution in [1.29, 1.82) is 0 Å². The molecule has 33 heavy (non-hydrogen) atoms. The number of para-hydroxylation sites is 1. The summed E-state index contributed by atoms with van der Waals surface area (Å²) >= 11 is 7.02. The molecule has 0 saturated carbocycles. The predicted molar refractivity (Wildman–Crippen MR) is 132 cm³/mol. The molecule has 0 N–H and O–H groups in total. The highest BCUT2D eigenvalue weighted by Gasteiger charge is 2.25. The van der Waals surface area contributed by atoms with E-state index in [-0.39, 0.29) is 28.5 Å². The van der Waals surface area contributed by atoms with Gasteiger partial charge in [-0.25, -0.2) is 21.8 Å². The first-order valence-corrected chi connectivity index (χ1v) is 14.7. The number of halogens is 1. The normalized spacial score (nSPS) is 12.4. The number of hydrogen-bond acceptors (Lipinski definition) is 8. The second-order valence-electron chi connectivity index (χ2n) is 7.74. The molecule has 178 valence electrons. The molecule has 0 radical (unpaired) electrons. The summed E-state index contributed by atoms with van der Waals surface area (Å²) in [6.07, 6.45) is 0.866. The molecule has 0 unspecified atom stereocenters. The maximum absolute atomic E-state index is 13.1. The van der Waals surface area contributed by atoms with E-state index >= 15 is 0 Å². The van der Waals surface area contributed by atoms with Gasteiger partial charge in [-0.3, -0.25) is 9.69 Å². The van der Waals surface area contributed by atoms with Gasteiger partial charge in [0.05, 0.1) is 20.2 Å². The Kier molecular flexibility index (Phi) is 7.80. The first-order valence-electron chi connectivity index (χ1n) is 9.91. The number of carbonyl (C=O) groups excluding carboxylic acids is 1. The van der Waals surface area contributed by atoms with Gasteiger partial charge < -0.3 is 4.90 Å². The minimum atomic E-state index is -3.68. The molecular formula is C21H24ClN3O5S3. The van der Waals surface area contributed by atoms with Crippen LogP contribution in [0.5, 0.6) is 0 Å². The van der Waals surface area contributed by atoms with Crippen molar-refractivity contribution >= 4 is 63.9 Å². The van der Waals surface area contributed by atoms with E-state index in [9.17, 15) is 21.6 Å². The number of sulfone groups is 2. The van der Waals surface area contributed by atoms with Crippen LogP contribution < -0.4 is 4.90 Å². The zero-order valence-corrected chi connectivity index (χ0v) is 21.6. The molecule has 1 heterocycles. The molecule has 0 aliphatic heterocycles. The molecule has 2 aromatic carbocycles. The Labute approximate surface area is 202 Å². The number of carbonyl (C=O) groups is 1. The van der Waals surface area contributed by atoms with Crippen LogP contribution in [0.15, 0.2) is 52.3 Å². The first kappa shape index (κ1) is 25.6. The number of amides is 1. The second kappa shape index (κ2) is 10.1. The molecule has 0 bridgehead atoms. The molecular weight excluding hydrogens is 506 g/mol. The molecule has 0 aliphatic rings. The summed E-state index contributed by atoms with van der Waals surface area (Å²) < 4.78 is 50.3. The van der Waals surface area contributed by atoms with Crippen LogP contribution in [-0.2, 0) is 24.5 Å². The SMILES string of the molecule is CN(C)CCN(C(=O)CCS(=O)(=O)c1ccc(Cl)cc1)c1nc2c(S(C)(=O)=O)cccc2s1. The zero-order chi connectivity index (χ0) is 24.4. The predicted octanol–water partition coefficient (Wildman–Crippen LogP) is 3.11. The fourth-order valence-corrected chi connectivity index (χ4v) is 6.36. The van der Waals surface area contributed by atoms with Crippen LogP contribution in [0.2, 0.25) is 5.02 Å². The van der Waals surface area contributed by atoms with E-state index in [1.54, 1.807) is 12.1 Å². The van der Waals surface area contributed by atoms with Crippen molar-refractivity contribution in [3.8, 4) is 0 Å². The van der Waals surface area contributed by atoms with Crippen LogP contribution >= 0.6 is 22.9 Å². The lowest BCUT2D eigenvalue weighted by Gasteiger charge is -2.22. The number of anilines is 1. The Morgan fingerprint density at radius 2 is 1.70 bits per heavy atom. The Bertz CT molecular complexity index is 1370. The molecule has 1 amide bonds. The third-order valence-corrected chi connectivity index (χ3v) is 8.99. The average Bonchev–Trinajstić information content (AvgIpc) is 3.15. The molecule has 0 fully saturated rings. The molecule has 0 aliphatic carbocycles. The van der Waals surface area contributed by atoms with Crippen molar-refractivity contribution in [1.82, 2.24) is 9.88 Å². The van der Waals surface area contributed by atoms with E-state index in [4.69, 9.17) is 11.6 Å². The maximum Gasteiger partial charge on any atom is 0.229 e. The van der Waals surface area contributed by atoms with Gasteiger partial charge in [0.1, 0.15) is 5.52 Å². The monoisotopic (exact) mass is 529 g/mol. The number of hydrogen-bond donors (Lipinski definition) is 0. The number of rotatable bonds is 9. The van der Waals surface area contributed by atoms with Crippen molar-refractivity contribution < 1.29 is 21.6 Å². The van der Waals surface area contributed by atoms with Crippen LogP contribution in [0, 0.1) is 0 Å². The summed E-state index contributed by atoms with van der Waals surface area (Å²) in [6, 6.07) is 10.6. The second-order valence-corrected chi connectivity index (χ2v) is 13.3. The third kappa shape index (κ3) is 6.30. The Morgan fingerprint density at radius 1 is 1.03 bits per heavy atom. The van der Waals surface area contributed by atoms with Gasteiger partial charge in [0.25, 0.3) is 0 Å². The Balaban J connectivity index is 1.89. The summed E-state index contributed by atoms with van der Waals surface area (Å²) in [6.45, 7) is 0.797. The standard InChI is InChI=1S/C21H24ClN3O5S3/c1-24(2)12-13-25(19(26)11-14-33(29,30)16-9-7-15(22)8-10-16)21-23-20-17(31-21)5-4-6-18(20)32(3,27)28/h4-10H,11-14H2,1-3H3. The molecule has 0 spiro atoms. The molecule has 12 heteroatoms. The van der Waals surface area contributed by atoms with E-state index in [0.29, 0.717) is 26.9 Å². The summed E-state index contributed by atoms with van der Waals surface area (Å²) in [4.78, 5) is 21.1. The van der Waals surface area contributed by atoms with Crippen molar-refractivity contribution in [3.05, 3.63) is 47.5 Å². The highest BCUT2D eigenvalue weighted by atomic mass is 35.5.